The lowest BCUT2D eigenvalue weighted by Gasteiger charge is -2.15. The van der Waals surface area contributed by atoms with Crippen molar-refractivity contribution in [2.75, 3.05) is 13.2 Å². The smallest absolute Gasteiger partial charge is 0.306 e. The molecule has 0 saturated heterocycles. The van der Waals surface area contributed by atoms with Crippen LogP contribution in [0.3, 0.4) is 0 Å². The second kappa shape index (κ2) is 54.4. The number of hydrogen-bond donors (Lipinski definition) is 1. The predicted octanol–water partition coefficient (Wildman–Crippen LogP) is 18.2. The standard InChI is InChI=1S/C59H102O5/c1-3-5-7-9-11-13-15-17-19-21-23-25-27-29-31-33-35-37-39-41-43-45-47-49-51-53-58(61)63-56-57(55-60)64-59(62)54-52-50-48-46-44-42-40-38-36-34-32-30-28-26-24-22-20-18-16-14-12-10-8-6-4-2/h6,8,12,14,18,20-21,23-24,26,30,32,36,38,57,60H,3-5,7,9-11,13,15-17,19,22,25,27-29,31,33-35,37,39-56H2,1-2H3/b8-6-,14-12-,20-18-,23-21-,26-24-,32-30-,38-36-. The second-order valence-corrected chi connectivity index (χ2v) is 17.9. The van der Waals surface area contributed by atoms with Gasteiger partial charge in [-0.3, -0.25) is 9.59 Å². The Labute approximate surface area is 396 Å². The third-order valence-electron chi connectivity index (χ3n) is 11.7. The van der Waals surface area contributed by atoms with Crippen molar-refractivity contribution in [2.24, 2.45) is 0 Å². The molecule has 0 saturated carbocycles. The van der Waals surface area contributed by atoms with Gasteiger partial charge in [-0.15, -0.1) is 0 Å². The van der Waals surface area contributed by atoms with Gasteiger partial charge in [0.25, 0.3) is 0 Å². The highest BCUT2D eigenvalue weighted by molar-refractivity contribution is 5.70. The minimum atomic E-state index is -0.785. The molecule has 0 aliphatic rings. The molecule has 368 valence electrons. The molecule has 0 aromatic carbocycles. The zero-order chi connectivity index (χ0) is 46.3. The van der Waals surface area contributed by atoms with E-state index in [1.54, 1.807) is 0 Å². The predicted molar refractivity (Wildman–Crippen MR) is 279 cm³/mol. The molecule has 0 radical (unpaired) electrons. The number of hydrogen-bond acceptors (Lipinski definition) is 5. The number of rotatable bonds is 49. The van der Waals surface area contributed by atoms with Gasteiger partial charge in [0.1, 0.15) is 6.61 Å². The molecule has 1 atom stereocenters. The Kier molecular flexibility index (Phi) is 51.9. The van der Waals surface area contributed by atoms with Crippen LogP contribution in [-0.4, -0.2) is 36.4 Å². The van der Waals surface area contributed by atoms with Crippen LogP contribution < -0.4 is 0 Å². The fourth-order valence-electron chi connectivity index (χ4n) is 7.61. The summed E-state index contributed by atoms with van der Waals surface area (Å²) in [5, 5.41) is 9.64. The summed E-state index contributed by atoms with van der Waals surface area (Å²) in [5.74, 6) is -0.605. The summed E-state index contributed by atoms with van der Waals surface area (Å²) in [4.78, 5) is 24.5. The van der Waals surface area contributed by atoms with Crippen LogP contribution in [0.1, 0.15) is 258 Å². The highest BCUT2D eigenvalue weighted by atomic mass is 16.6. The molecule has 0 amide bonds. The first kappa shape index (κ1) is 61.1. The number of unbranched alkanes of at least 4 members (excludes halogenated alkanes) is 27. The normalized spacial score (nSPS) is 12.9. The summed E-state index contributed by atoms with van der Waals surface area (Å²) in [6.45, 7) is 4.03. The molecule has 0 rings (SSSR count). The van der Waals surface area contributed by atoms with Gasteiger partial charge in [-0.25, -0.2) is 0 Å². The SMILES string of the molecule is CC/C=C\C/C=C\C/C=C\C/C=C\C/C=C\C/C=C\CCCCCCCCC(=O)OC(CO)COC(=O)CCCCCCCCCCCCCCC/C=C\CCCCCCCCCC. The number of allylic oxidation sites excluding steroid dienone is 14. The first-order chi connectivity index (χ1) is 31.6. The number of esters is 2. The van der Waals surface area contributed by atoms with E-state index < -0.39 is 6.10 Å². The summed E-state index contributed by atoms with van der Waals surface area (Å²) in [6, 6.07) is 0. The number of aliphatic hydroxyl groups is 1. The molecule has 64 heavy (non-hydrogen) atoms. The maximum atomic E-state index is 12.3. The van der Waals surface area contributed by atoms with E-state index in [1.807, 2.05) is 0 Å². The van der Waals surface area contributed by atoms with Crippen LogP contribution in [0.5, 0.6) is 0 Å². The highest BCUT2D eigenvalue weighted by Gasteiger charge is 2.16. The van der Waals surface area contributed by atoms with Gasteiger partial charge < -0.3 is 14.6 Å². The Hall–Kier alpha value is -2.92. The minimum absolute atomic E-state index is 0.0748. The van der Waals surface area contributed by atoms with Crippen molar-refractivity contribution in [1.29, 1.82) is 0 Å². The Balaban J connectivity index is 3.54. The van der Waals surface area contributed by atoms with Crippen molar-refractivity contribution in [2.45, 2.75) is 264 Å². The maximum absolute atomic E-state index is 12.3. The van der Waals surface area contributed by atoms with Gasteiger partial charge in [-0.05, 0) is 89.9 Å². The largest absolute Gasteiger partial charge is 0.462 e. The number of ether oxygens (including phenoxy) is 2. The molecular formula is C59H102O5. The van der Waals surface area contributed by atoms with E-state index in [9.17, 15) is 14.7 Å². The van der Waals surface area contributed by atoms with E-state index in [2.05, 4.69) is 98.9 Å². The molecule has 0 bridgehead atoms. The lowest BCUT2D eigenvalue weighted by Crippen LogP contribution is -2.28. The van der Waals surface area contributed by atoms with E-state index >= 15 is 0 Å². The van der Waals surface area contributed by atoms with Crippen LogP contribution >= 0.6 is 0 Å². The second-order valence-electron chi connectivity index (χ2n) is 17.9. The zero-order valence-electron chi connectivity index (χ0n) is 42.0. The van der Waals surface area contributed by atoms with Gasteiger partial charge in [0, 0.05) is 12.8 Å². The van der Waals surface area contributed by atoms with Crippen LogP contribution in [0, 0.1) is 0 Å². The summed E-state index contributed by atoms with van der Waals surface area (Å²) in [5.41, 5.74) is 0. The molecule has 0 aliphatic carbocycles. The third kappa shape index (κ3) is 51.7. The average molecular weight is 891 g/mol. The topological polar surface area (TPSA) is 72.8 Å². The van der Waals surface area contributed by atoms with Crippen molar-refractivity contribution in [3.05, 3.63) is 85.1 Å². The fourth-order valence-corrected chi connectivity index (χ4v) is 7.61. The van der Waals surface area contributed by atoms with E-state index in [0.29, 0.717) is 12.8 Å². The summed E-state index contributed by atoms with van der Waals surface area (Å²) in [7, 11) is 0. The first-order valence-corrected chi connectivity index (χ1v) is 27.1. The van der Waals surface area contributed by atoms with Crippen molar-refractivity contribution in [3.63, 3.8) is 0 Å². The van der Waals surface area contributed by atoms with Crippen molar-refractivity contribution in [1.82, 2.24) is 0 Å². The monoisotopic (exact) mass is 891 g/mol. The molecule has 5 nitrogen and oxygen atoms in total. The lowest BCUT2D eigenvalue weighted by atomic mass is 10.0. The zero-order valence-corrected chi connectivity index (χ0v) is 42.0. The number of aliphatic hydroxyl groups excluding tert-OH is 1. The van der Waals surface area contributed by atoms with Gasteiger partial charge in [-0.1, -0.05) is 240 Å². The molecule has 1 N–H and O–H groups in total. The van der Waals surface area contributed by atoms with Crippen LogP contribution in [0.2, 0.25) is 0 Å². The van der Waals surface area contributed by atoms with Gasteiger partial charge in [0.15, 0.2) is 6.10 Å². The Morgan fingerprint density at radius 3 is 1.03 bits per heavy atom. The summed E-state index contributed by atoms with van der Waals surface area (Å²) >= 11 is 0. The van der Waals surface area contributed by atoms with Crippen LogP contribution in [0.15, 0.2) is 85.1 Å². The quantitative estimate of drug-likeness (QED) is 0.0374. The first-order valence-electron chi connectivity index (χ1n) is 27.1. The molecule has 0 spiro atoms. The van der Waals surface area contributed by atoms with E-state index in [-0.39, 0.29) is 25.2 Å². The molecule has 5 heteroatoms. The Morgan fingerprint density at radius 2 is 0.672 bits per heavy atom. The number of carbonyl (C=O) groups excluding carboxylic acids is 2. The molecular weight excluding hydrogens is 789 g/mol. The Bertz CT molecular complexity index is 1190. The fraction of sp³-hybridized carbons (Fsp3) is 0.729. The van der Waals surface area contributed by atoms with Gasteiger partial charge in [-0.2, -0.15) is 0 Å². The summed E-state index contributed by atoms with van der Waals surface area (Å²) in [6.07, 6.45) is 75.4. The van der Waals surface area contributed by atoms with Gasteiger partial charge in [0.2, 0.25) is 0 Å². The highest BCUT2D eigenvalue weighted by Crippen LogP contribution is 2.15. The van der Waals surface area contributed by atoms with E-state index in [1.165, 1.54) is 148 Å². The molecule has 1 unspecified atom stereocenters. The maximum Gasteiger partial charge on any atom is 0.306 e. The molecule has 0 aromatic rings. The molecule has 0 fully saturated rings. The van der Waals surface area contributed by atoms with Crippen molar-refractivity contribution >= 4 is 11.9 Å². The van der Waals surface area contributed by atoms with E-state index in [4.69, 9.17) is 9.47 Å². The molecule has 0 aliphatic heterocycles. The number of carbonyl (C=O) groups is 2. The van der Waals surface area contributed by atoms with Crippen molar-refractivity contribution < 1.29 is 24.2 Å². The van der Waals surface area contributed by atoms with Crippen LogP contribution in [0.25, 0.3) is 0 Å². The van der Waals surface area contributed by atoms with Gasteiger partial charge in [0.05, 0.1) is 6.61 Å². The minimum Gasteiger partial charge on any atom is -0.462 e. The van der Waals surface area contributed by atoms with Crippen LogP contribution in [0.4, 0.5) is 0 Å². The van der Waals surface area contributed by atoms with Gasteiger partial charge >= 0.3 is 11.9 Å². The third-order valence-corrected chi connectivity index (χ3v) is 11.7. The van der Waals surface area contributed by atoms with Crippen LogP contribution in [-0.2, 0) is 19.1 Å². The average Bonchev–Trinajstić information content (AvgIpc) is 3.30. The molecule has 0 heterocycles. The lowest BCUT2D eigenvalue weighted by molar-refractivity contribution is -0.161. The van der Waals surface area contributed by atoms with Crippen molar-refractivity contribution in [3.8, 4) is 0 Å². The molecule has 0 aromatic heterocycles. The van der Waals surface area contributed by atoms with E-state index in [0.717, 1.165) is 83.5 Å². The summed E-state index contributed by atoms with van der Waals surface area (Å²) < 4.78 is 10.7. The Morgan fingerprint density at radius 1 is 0.375 bits per heavy atom.